The summed E-state index contributed by atoms with van der Waals surface area (Å²) in [4.78, 5) is 31.9. The fourth-order valence-corrected chi connectivity index (χ4v) is 6.28. The molecule has 6 heteroatoms. The van der Waals surface area contributed by atoms with Crippen molar-refractivity contribution in [3.8, 4) is 0 Å². The Kier molecular flexibility index (Phi) is 8.76. The van der Waals surface area contributed by atoms with Gasteiger partial charge in [-0.1, -0.05) is 121 Å². The molecule has 0 bridgehead atoms. The molecule has 1 N–H and O–H groups in total. The van der Waals surface area contributed by atoms with Crippen LogP contribution in [0.1, 0.15) is 34.7 Å². The molecule has 0 fully saturated rings. The standard InChI is InChI=1S/C39H36N2O4/c1-2-45-37(43)36(42)39(34-20-12-13-21-35(34)41(38(39)44)28-31-18-10-5-11-19-31)32-22-24-33(25-23-32)40(26-29-14-6-3-7-15-29)27-30-16-8-4-9-17-30/h3-25,36,42H,2,26-28H2,1H3/t36-,39-/m1/s1. The topological polar surface area (TPSA) is 70.1 Å². The maximum absolute atomic E-state index is 14.7. The van der Waals surface area contributed by atoms with Crippen molar-refractivity contribution in [2.24, 2.45) is 0 Å². The minimum Gasteiger partial charge on any atom is -0.464 e. The van der Waals surface area contributed by atoms with Crippen LogP contribution in [0, 0.1) is 0 Å². The van der Waals surface area contributed by atoms with E-state index >= 15 is 0 Å². The van der Waals surface area contributed by atoms with Crippen molar-refractivity contribution in [3.63, 3.8) is 0 Å². The minimum atomic E-state index is -1.75. The van der Waals surface area contributed by atoms with E-state index in [1.165, 1.54) is 11.1 Å². The number of aliphatic hydroxyl groups excluding tert-OH is 1. The van der Waals surface area contributed by atoms with Crippen LogP contribution in [0.15, 0.2) is 140 Å². The minimum absolute atomic E-state index is 0.0857. The molecular formula is C39H36N2O4. The molecule has 0 saturated heterocycles. The first kappa shape index (κ1) is 29.9. The van der Waals surface area contributed by atoms with Gasteiger partial charge in [0.05, 0.1) is 13.2 Å². The van der Waals surface area contributed by atoms with Gasteiger partial charge in [0, 0.05) is 24.5 Å². The molecule has 1 amide bonds. The highest BCUT2D eigenvalue weighted by atomic mass is 16.5. The second kappa shape index (κ2) is 13.2. The molecule has 5 aromatic carbocycles. The summed E-state index contributed by atoms with van der Waals surface area (Å²) in [7, 11) is 0. The number of anilines is 2. The molecule has 0 saturated carbocycles. The van der Waals surface area contributed by atoms with Gasteiger partial charge < -0.3 is 19.6 Å². The third-order valence-electron chi connectivity index (χ3n) is 8.43. The number of carbonyl (C=O) groups is 2. The number of nitrogens with zero attached hydrogens (tertiary/aromatic N) is 2. The lowest BCUT2D eigenvalue weighted by Crippen LogP contribution is -2.53. The maximum Gasteiger partial charge on any atom is 0.336 e. The Labute approximate surface area is 264 Å². The van der Waals surface area contributed by atoms with Gasteiger partial charge in [-0.25, -0.2) is 4.79 Å². The van der Waals surface area contributed by atoms with Crippen LogP contribution in [0.4, 0.5) is 11.4 Å². The van der Waals surface area contributed by atoms with E-state index in [0.717, 1.165) is 11.3 Å². The van der Waals surface area contributed by atoms with Crippen LogP contribution in [0.25, 0.3) is 0 Å². The largest absolute Gasteiger partial charge is 0.464 e. The number of hydrogen-bond donors (Lipinski definition) is 1. The first-order valence-electron chi connectivity index (χ1n) is 15.3. The molecule has 2 atom stereocenters. The number of amides is 1. The van der Waals surface area contributed by atoms with Crippen molar-refractivity contribution in [2.75, 3.05) is 16.4 Å². The van der Waals surface area contributed by atoms with Gasteiger partial charge in [-0.2, -0.15) is 0 Å². The van der Waals surface area contributed by atoms with E-state index in [1.807, 2.05) is 115 Å². The molecule has 0 aliphatic carbocycles. The van der Waals surface area contributed by atoms with E-state index in [1.54, 1.807) is 11.8 Å². The maximum atomic E-state index is 14.7. The number of hydrogen-bond acceptors (Lipinski definition) is 5. The molecule has 45 heavy (non-hydrogen) atoms. The van der Waals surface area contributed by atoms with Crippen LogP contribution in [-0.2, 0) is 39.4 Å². The molecule has 1 heterocycles. The van der Waals surface area contributed by atoms with Crippen molar-refractivity contribution in [1.82, 2.24) is 0 Å². The first-order chi connectivity index (χ1) is 22.0. The number of aliphatic hydroxyl groups is 1. The Bertz CT molecular complexity index is 1700. The molecule has 5 aromatic rings. The van der Waals surface area contributed by atoms with Crippen molar-refractivity contribution in [1.29, 1.82) is 0 Å². The number of carbonyl (C=O) groups excluding carboxylic acids is 2. The Hall–Kier alpha value is -5.20. The summed E-state index contributed by atoms with van der Waals surface area (Å²) < 4.78 is 5.31. The Morgan fingerprint density at radius 3 is 1.80 bits per heavy atom. The Balaban J connectivity index is 1.43. The van der Waals surface area contributed by atoms with E-state index in [4.69, 9.17) is 4.74 Å². The molecule has 226 valence electrons. The zero-order chi connectivity index (χ0) is 31.2. The van der Waals surface area contributed by atoms with Gasteiger partial charge in [-0.15, -0.1) is 0 Å². The van der Waals surface area contributed by atoms with Crippen molar-refractivity contribution < 1.29 is 19.4 Å². The monoisotopic (exact) mass is 596 g/mol. The lowest BCUT2D eigenvalue weighted by molar-refractivity contribution is -0.158. The number of fused-ring (bicyclic) bond motifs is 1. The number of ether oxygens (including phenoxy) is 1. The fourth-order valence-electron chi connectivity index (χ4n) is 6.28. The zero-order valence-corrected chi connectivity index (χ0v) is 25.3. The summed E-state index contributed by atoms with van der Waals surface area (Å²) >= 11 is 0. The summed E-state index contributed by atoms with van der Waals surface area (Å²) in [6.45, 7) is 3.43. The molecule has 1 aliphatic heterocycles. The van der Waals surface area contributed by atoms with Gasteiger partial charge in [-0.3, -0.25) is 4.79 Å². The van der Waals surface area contributed by atoms with Crippen LogP contribution in [-0.4, -0.2) is 29.7 Å². The summed E-state index contributed by atoms with van der Waals surface area (Å²) in [5, 5.41) is 11.8. The van der Waals surface area contributed by atoms with Gasteiger partial charge in [-0.05, 0) is 52.9 Å². The normalized spacial score (nSPS) is 16.2. The zero-order valence-electron chi connectivity index (χ0n) is 25.3. The third-order valence-corrected chi connectivity index (χ3v) is 8.43. The summed E-state index contributed by atoms with van der Waals surface area (Å²) in [5.41, 5.74) is 4.31. The lowest BCUT2D eigenvalue weighted by atomic mass is 9.71. The summed E-state index contributed by atoms with van der Waals surface area (Å²) in [6, 6.07) is 45.3. The summed E-state index contributed by atoms with van der Waals surface area (Å²) in [6.07, 6.45) is -1.75. The summed E-state index contributed by atoms with van der Waals surface area (Å²) in [5.74, 6) is -1.20. The van der Waals surface area contributed by atoms with Gasteiger partial charge in [0.1, 0.15) is 5.41 Å². The van der Waals surface area contributed by atoms with Crippen molar-refractivity contribution in [3.05, 3.63) is 167 Å². The van der Waals surface area contributed by atoms with Gasteiger partial charge in [0.2, 0.25) is 5.91 Å². The highest BCUT2D eigenvalue weighted by molar-refractivity contribution is 6.13. The molecule has 6 rings (SSSR count). The quantitative estimate of drug-likeness (QED) is 0.173. The van der Waals surface area contributed by atoms with Crippen LogP contribution in [0.3, 0.4) is 0 Å². The van der Waals surface area contributed by atoms with E-state index in [0.29, 0.717) is 36.4 Å². The Morgan fingerprint density at radius 2 is 1.24 bits per heavy atom. The average molecular weight is 597 g/mol. The molecule has 0 unspecified atom stereocenters. The lowest BCUT2D eigenvalue weighted by Gasteiger charge is -2.33. The van der Waals surface area contributed by atoms with Crippen LogP contribution >= 0.6 is 0 Å². The molecule has 0 aromatic heterocycles. The van der Waals surface area contributed by atoms with Gasteiger partial charge in [0.25, 0.3) is 0 Å². The van der Waals surface area contributed by atoms with E-state index in [9.17, 15) is 14.7 Å². The van der Waals surface area contributed by atoms with E-state index in [2.05, 4.69) is 29.2 Å². The van der Waals surface area contributed by atoms with Crippen LogP contribution < -0.4 is 9.80 Å². The van der Waals surface area contributed by atoms with Crippen LogP contribution in [0.5, 0.6) is 0 Å². The predicted molar refractivity (Wildman–Crippen MR) is 177 cm³/mol. The van der Waals surface area contributed by atoms with Crippen LogP contribution in [0.2, 0.25) is 0 Å². The number of benzene rings is 5. The number of para-hydroxylation sites is 1. The third kappa shape index (κ3) is 5.85. The second-order valence-electron chi connectivity index (χ2n) is 11.2. The van der Waals surface area contributed by atoms with E-state index < -0.39 is 17.5 Å². The fraction of sp³-hybridized carbons (Fsp3) is 0.179. The number of esters is 1. The SMILES string of the molecule is CCOC(=O)[C@@H](O)[C@]1(c2ccc(N(Cc3ccccc3)Cc3ccccc3)cc2)C(=O)N(Cc2ccccc2)c2ccccc21. The highest BCUT2D eigenvalue weighted by Crippen LogP contribution is 2.49. The molecular weight excluding hydrogens is 560 g/mol. The van der Waals surface area contributed by atoms with Crippen molar-refractivity contribution in [2.45, 2.75) is 38.1 Å². The van der Waals surface area contributed by atoms with Gasteiger partial charge >= 0.3 is 5.97 Å². The highest BCUT2D eigenvalue weighted by Gasteiger charge is 2.59. The molecule has 0 radical (unpaired) electrons. The van der Waals surface area contributed by atoms with E-state index in [-0.39, 0.29) is 12.5 Å². The second-order valence-corrected chi connectivity index (χ2v) is 11.2. The number of rotatable bonds is 11. The molecule has 6 nitrogen and oxygen atoms in total. The predicted octanol–water partition coefficient (Wildman–Crippen LogP) is 6.65. The van der Waals surface area contributed by atoms with Gasteiger partial charge in [0.15, 0.2) is 6.10 Å². The Morgan fingerprint density at radius 1 is 0.733 bits per heavy atom. The average Bonchev–Trinajstić information content (AvgIpc) is 3.33. The molecule has 1 aliphatic rings. The first-order valence-corrected chi connectivity index (χ1v) is 15.3. The smallest absolute Gasteiger partial charge is 0.336 e. The molecule has 0 spiro atoms. The van der Waals surface area contributed by atoms with Crippen molar-refractivity contribution >= 4 is 23.3 Å².